The van der Waals surface area contributed by atoms with Gasteiger partial charge in [-0.3, -0.25) is 0 Å². The Balaban J connectivity index is 0. The Kier molecular flexibility index (Phi) is 6.52. The normalized spacial score (nSPS) is 6.75. The monoisotopic (exact) mass is 107 g/mol. The van der Waals surface area contributed by atoms with Crippen LogP contribution in [0.1, 0.15) is 13.8 Å². The third-order valence-corrected chi connectivity index (χ3v) is 0.315. The summed E-state index contributed by atoms with van der Waals surface area (Å²) >= 11 is 0. The number of amides is 2. The maximum Gasteiger partial charge on any atom is 1.00 e. The summed E-state index contributed by atoms with van der Waals surface area (Å²) in [5, 5.41) is 3.00. The molecule has 0 aliphatic heterocycles. The van der Waals surface area contributed by atoms with Crippen molar-refractivity contribution in [1.82, 2.24) is 0 Å². The van der Waals surface area contributed by atoms with E-state index < -0.39 is 11.8 Å². The van der Waals surface area contributed by atoms with Crippen LogP contribution >= 0.6 is 0 Å². The van der Waals surface area contributed by atoms with Gasteiger partial charge >= 0.3 is 18.9 Å². The molecular formula is C4H6LiNO2. The van der Waals surface area contributed by atoms with E-state index in [0.29, 0.717) is 0 Å². The summed E-state index contributed by atoms with van der Waals surface area (Å²) in [6, 6.07) is 0. The average Bonchev–Trinajstić information content (AvgIpc) is 1.27. The van der Waals surface area contributed by atoms with Crippen LogP contribution < -0.4 is 18.9 Å². The first-order chi connectivity index (χ1) is 3.13. The number of imide groups is 1. The summed E-state index contributed by atoms with van der Waals surface area (Å²) < 4.78 is 0. The van der Waals surface area contributed by atoms with E-state index in [-0.39, 0.29) is 18.9 Å². The predicted molar refractivity (Wildman–Crippen MR) is 24.7 cm³/mol. The predicted octanol–water partition coefficient (Wildman–Crippen LogP) is -2.54. The summed E-state index contributed by atoms with van der Waals surface area (Å²) in [6.07, 6.45) is 0. The fourth-order valence-corrected chi connectivity index (χ4v) is 0.222. The van der Waals surface area contributed by atoms with Crippen LogP contribution in [0.25, 0.3) is 5.32 Å². The van der Waals surface area contributed by atoms with Gasteiger partial charge in [-0.2, -0.15) is 0 Å². The van der Waals surface area contributed by atoms with Crippen molar-refractivity contribution < 1.29 is 28.4 Å². The molecule has 0 aromatic rings. The Labute approximate surface area is 60.0 Å². The molecule has 0 heterocycles. The summed E-state index contributed by atoms with van der Waals surface area (Å²) in [5.41, 5.74) is 0. The van der Waals surface area contributed by atoms with Gasteiger partial charge in [0.15, 0.2) is 0 Å². The molecule has 0 fully saturated rings. The molecule has 0 radical (unpaired) electrons. The molecule has 2 amide bonds. The van der Waals surface area contributed by atoms with E-state index in [0.717, 1.165) is 0 Å². The molecule has 0 unspecified atom stereocenters. The topological polar surface area (TPSA) is 48.2 Å². The van der Waals surface area contributed by atoms with Crippen LogP contribution in [0.2, 0.25) is 0 Å². The summed E-state index contributed by atoms with van der Waals surface area (Å²) in [7, 11) is 0. The fraction of sp³-hybridized carbons (Fsp3) is 0.500. The number of hydrogen-bond acceptors (Lipinski definition) is 2. The molecular weight excluding hydrogens is 101 g/mol. The zero-order valence-corrected chi connectivity index (χ0v) is 5.26. The second-order valence-electron chi connectivity index (χ2n) is 1.15. The van der Waals surface area contributed by atoms with Gasteiger partial charge in [-0.05, 0) is 13.8 Å². The summed E-state index contributed by atoms with van der Waals surface area (Å²) in [5.74, 6) is -0.875. The van der Waals surface area contributed by atoms with Crippen molar-refractivity contribution >= 4 is 11.8 Å². The molecule has 0 aliphatic rings. The molecule has 40 valence electrons. The molecule has 0 atom stereocenters. The molecule has 4 heteroatoms. The third-order valence-electron chi connectivity index (χ3n) is 0.315. The van der Waals surface area contributed by atoms with E-state index in [4.69, 9.17) is 0 Å². The van der Waals surface area contributed by atoms with Gasteiger partial charge < -0.3 is 14.9 Å². The fourth-order valence-electron chi connectivity index (χ4n) is 0.222. The van der Waals surface area contributed by atoms with Crippen LogP contribution in [-0.2, 0) is 9.59 Å². The molecule has 0 aliphatic carbocycles. The number of nitrogens with zero attached hydrogens (tertiary/aromatic N) is 1. The molecule has 0 saturated carbocycles. The second-order valence-corrected chi connectivity index (χ2v) is 1.15. The molecule has 0 saturated heterocycles. The first kappa shape index (κ1) is 10.7. The Bertz CT molecular complexity index is 90.2. The Hall–Kier alpha value is -0.263. The van der Waals surface area contributed by atoms with Crippen LogP contribution in [0.3, 0.4) is 0 Å². The van der Waals surface area contributed by atoms with E-state index in [1.54, 1.807) is 0 Å². The number of rotatable bonds is 0. The SMILES string of the molecule is CC(=O)[N-]C(C)=O.[Li+]. The minimum absolute atomic E-state index is 0. The number of hydrogen-bond donors (Lipinski definition) is 0. The van der Waals surface area contributed by atoms with Crippen LogP contribution in [0.4, 0.5) is 0 Å². The molecule has 0 aromatic carbocycles. The van der Waals surface area contributed by atoms with Gasteiger partial charge in [-0.15, -0.1) is 0 Å². The van der Waals surface area contributed by atoms with E-state index >= 15 is 0 Å². The van der Waals surface area contributed by atoms with E-state index in [9.17, 15) is 9.59 Å². The van der Waals surface area contributed by atoms with Gasteiger partial charge in [0.1, 0.15) is 0 Å². The Morgan fingerprint density at radius 3 is 1.38 bits per heavy atom. The van der Waals surface area contributed by atoms with Gasteiger partial charge in [0.2, 0.25) is 0 Å². The molecule has 0 rings (SSSR count). The van der Waals surface area contributed by atoms with Crippen molar-refractivity contribution in [2.75, 3.05) is 0 Å². The van der Waals surface area contributed by atoms with Gasteiger partial charge in [0, 0.05) is 0 Å². The summed E-state index contributed by atoms with van der Waals surface area (Å²) in [6.45, 7) is 2.47. The van der Waals surface area contributed by atoms with Crippen LogP contribution in [-0.4, -0.2) is 11.8 Å². The molecule has 0 aromatic heterocycles. The zero-order chi connectivity index (χ0) is 5.86. The van der Waals surface area contributed by atoms with E-state index in [2.05, 4.69) is 5.32 Å². The van der Waals surface area contributed by atoms with Crippen molar-refractivity contribution in [3.63, 3.8) is 0 Å². The molecule has 3 nitrogen and oxygen atoms in total. The maximum absolute atomic E-state index is 9.87. The third kappa shape index (κ3) is 9.22. The van der Waals surface area contributed by atoms with Crippen molar-refractivity contribution in [1.29, 1.82) is 0 Å². The van der Waals surface area contributed by atoms with Crippen molar-refractivity contribution in [3.8, 4) is 0 Å². The van der Waals surface area contributed by atoms with Gasteiger partial charge in [-0.1, -0.05) is 0 Å². The average molecular weight is 107 g/mol. The van der Waals surface area contributed by atoms with Gasteiger partial charge in [0.25, 0.3) is 0 Å². The Morgan fingerprint density at radius 1 is 1.12 bits per heavy atom. The molecule has 0 bridgehead atoms. The van der Waals surface area contributed by atoms with Crippen molar-refractivity contribution in [2.45, 2.75) is 13.8 Å². The first-order valence-electron chi connectivity index (χ1n) is 1.86. The number of carbonyl (C=O) groups excluding carboxylic acids is 2. The smallest absolute Gasteiger partial charge is 0.596 e. The van der Waals surface area contributed by atoms with Crippen molar-refractivity contribution in [2.24, 2.45) is 0 Å². The molecule has 0 spiro atoms. The van der Waals surface area contributed by atoms with Gasteiger partial charge in [0.05, 0.1) is 11.8 Å². The quantitative estimate of drug-likeness (QED) is 0.320. The van der Waals surface area contributed by atoms with E-state index in [1.165, 1.54) is 13.8 Å². The molecule has 0 N–H and O–H groups in total. The second kappa shape index (κ2) is 4.89. The number of carbonyl (C=O) groups is 2. The van der Waals surface area contributed by atoms with Crippen LogP contribution in [0.5, 0.6) is 0 Å². The van der Waals surface area contributed by atoms with Crippen LogP contribution in [0.15, 0.2) is 0 Å². The van der Waals surface area contributed by atoms with Crippen LogP contribution in [0, 0.1) is 0 Å². The molecule has 8 heavy (non-hydrogen) atoms. The minimum atomic E-state index is -0.437. The first-order valence-corrected chi connectivity index (χ1v) is 1.86. The largest absolute Gasteiger partial charge is 1.00 e. The zero-order valence-electron chi connectivity index (χ0n) is 5.26. The minimum Gasteiger partial charge on any atom is -0.596 e. The van der Waals surface area contributed by atoms with Gasteiger partial charge in [-0.25, -0.2) is 0 Å². The Morgan fingerprint density at radius 2 is 1.38 bits per heavy atom. The standard InChI is InChI=1S/C4H7NO2.Li/c1-3(6)5-4(2)7;/h1-2H3,(H,5,6,7);/q;+1/p-1. The van der Waals surface area contributed by atoms with Crippen molar-refractivity contribution in [3.05, 3.63) is 5.32 Å². The summed E-state index contributed by atoms with van der Waals surface area (Å²) in [4.78, 5) is 19.7. The van der Waals surface area contributed by atoms with E-state index in [1.807, 2.05) is 0 Å². The maximum atomic E-state index is 9.87.